The molecule has 0 amide bonds. The number of benzene rings is 3. The lowest BCUT2D eigenvalue weighted by Crippen LogP contribution is -2.59. The Morgan fingerprint density at radius 2 is 1.88 bits per heavy atom. The minimum absolute atomic E-state index is 0.0385. The van der Waals surface area contributed by atoms with Gasteiger partial charge in [-0.2, -0.15) is 0 Å². The zero-order valence-corrected chi connectivity index (χ0v) is 39.0. The molecule has 8 bridgehead atoms. The van der Waals surface area contributed by atoms with Crippen LogP contribution in [0.3, 0.4) is 0 Å². The minimum Gasteiger partial charge on any atom is -0.504 e. The number of aryl methyl sites for hydroxylation is 2. The number of esters is 1. The van der Waals surface area contributed by atoms with Gasteiger partial charge in [-0.3, -0.25) is 9.79 Å². The van der Waals surface area contributed by atoms with Gasteiger partial charge in [0, 0.05) is 56.1 Å². The summed E-state index contributed by atoms with van der Waals surface area (Å²) in [6.45, 7) is 8.00. The van der Waals surface area contributed by atoms with Crippen LogP contribution in [0.2, 0.25) is 0 Å². The van der Waals surface area contributed by atoms with Crippen molar-refractivity contribution in [2.45, 2.75) is 146 Å². The number of aliphatic hydroxyl groups excluding tert-OH is 3. The van der Waals surface area contributed by atoms with Gasteiger partial charge in [-0.1, -0.05) is 84.0 Å². The second-order valence-corrected chi connectivity index (χ2v) is 20.0. The lowest BCUT2D eigenvalue weighted by Gasteiger charge is -2.43. The van der Waals surface area contributed by atoms with Crippen molar-refractivity contribution in [3.63, 3.8) is 0 Å². The van der Waals surface area contributed by atoms with E-state index in [1.165, 1.54) is 34.7 Å². The predicted octanol–water partition coefficient (Wildman–Crippen LogP) is 5.56. The summed E-state index contributed by atoms with van der Waals surface area (Å²) >= 11 is 0. The zero-order chi connectivity index (χ0) is 46.4. The molecule has 354 valence electrons. The number of ether oxygens (including phenoxy) is 2. The van der Waals surface area contributed by atoms with Crippen LogP contribution >= 0.6 is 0 Å². The van der Waals surface area contributed by atoms with Crippen LogP contribution in [0.5, 0.6) is 11.5 Å². The topological polar surface area (TPSA) is 191 Å². The van der Waals surface area contributed by atoms with Crippen LogP contribution in [-0.2, 0) is 35.4 Å². The van der Waals surface area contributed by atoms with Gasteiger partial charge in [0.05, 0.1) is 30.3 Å². The minimum atomic E-state index is -1.04. The van der Waals surface area contributed by atoms with E-state index in [9.17, 15) is 25.2 Å². The Balaban J connectivity index is 1.26. The fraction of sp³-hybridized carbons (Fsp3) is 0.556. The van der Waals surface area contributed by atoms with Crippen molar-refractivity contribution in [1.29, 1.82) is 0 Å². The molecular weight excluding hydrogens is 831 g/mol. The SMILES string of the molecule is CC(=O)O[C@H]1C[C@@H](O)CC[C@@]23C#C[C@@H]4CCC[C@@]5(CNCCc6cccc(c6)[C@@H](Cc6cc(C)cc(C)c6)CN=C(N)N[C@@H]2C=CC[C@H]3O)C[C@@H](CCN5)Oc2cc(c(CO)cc2O)C[C@H]41. The van der Waals surface area contributed by atoms with Crippen LogP contribution in [0.15, 0.2) is 71.7 Å². The molecule has 1 saturated heterocycles. The number of phenolic OH excluding ortho intramolecular Hbond substituents is 1. The monoisotopic (exact) mass is 902 g/mol. The van der Waals surface area contributed by atoms with Crippen molar-refractivity contribution in [3.8, 4) is 23.3 Å². The average molecular weight is 902 g/mol. The molecule has 0 unspecified atom stereocenters. The summed E-state index contributed by atoms with van der Waals surface area (Å²) in [7, 11) is 0. The van der Waals surface area contributed by atoms with Crippen LogP contribution < -0.4 is 26.4 Å². The number of phenols is 1. The Bertz CT molecular complexity index is 2300. The number of aliphatic imine (C=N–C) groups is 1. The molecule has 3 aromatic carbocycles. The van der Waals surface area contributed by atoms with E-state index in [4.69, 9.17) is 20.2 Å². The van der Waals surface area contributed by atoms with E-state index < -0.39 is 41.7 Å². The molecule has 0 saturated carbocycles. The van der Waals surface area contributed by atoms with Crippen molar-refractivity contribution in [2.75, 3.05) is 26.2 Å². The van der Waals surface area contributed by atoms with E-state index in [-0.39, 0.29) is 48.2 Å². The molecule has 3 aliphatic heterocycles. The summed E-state index contributed by atoms with van der Waals surface area (Å²) in [6.07, 6.45) is 8.24. The summed E-state index contributed by atoms with van der Waals surface area (Å²) in [5, 5.41) is 57.3. The third kappa shape index (κ3) is 11.3. The molecule has 1 fully saturated rings. The van der Waals surface area contributed by atoms with Gasteiger partial charge in [-0.15, -0.1) is 0 Å². The maximum atomic E-state index is 12.9. The highest BCUT2D eigenvalue weighted by atomic mass is 16.5. The Hall–Kier alpha value is -4.90. The number of nitrogens with two attached hydrogens (primary N) is 1. The molecule has 2 aliphatic carbocycles. The highest BCUT2D eigenvalue weighted by molar-refractivity contribution is 5.78. The van der Waals surface area contributed by atoms with E-state index in [1.54, 1.807) is 6.07 Å². The summed E-state index contributed by atoms with van der Waals surface area (Å²) in [5.41, 5.74) is 12.9. The fourth-order valence-electron chi connectivity index (χ4n) is 11.7. The molecule has 3 heterocycles. The van der Waals surface area contributed by atoms with Gasteiger partial charge < -0.3 is 51.6 Å². The van der Waals surface area contributed by atoms with Gasteiger partial charge >= 0.3 is 5.97 Å². The number of rotatable bonds is 4. The zero-order valence-electron chi connectivity index (χ0n) is 39.0. The normalized spacial score (nSPS) is 31.8. The average Bonchev–Trinajstić information content (AvgIpc) is 3.27. The first kappa shape index (κ1) is 47.6. The number of carbonyl (C=O) groups excluding carboxylic acids is 1. The first-order valence-electron chi connectivity index (χ1n) is 24.3. The third-order valence-electron chi connectivity index (χ3n) is 15.0. The second-order valence-electron chi connectivity index (χ2n) is 20.0. The van der Waals surface area contributed by atoms with Crippen molar-refractivity contribution < 1.29 is 34.7 Å². The van der Waals surface area contributed by atoms with Crippen LogP contribution in [0.4, 0.5) is 0 Å². The van der Waals surface area contributed by atoms with Crippen molar-refractivity contribution in [2.24, 2.45) is 28.0 Å². The van der Waals surface area contributed by atoms with Gasteiger partial charge in [0.15, 0.2) is 17.5 Å². The Kier molecular flexibility index (Phi) is 15.1. The first-order valence-corrected chi connectivity index (χ1v) is 24.3. The predicted molar refractivity (Wildman–Crippen MR) is 257 cm³/mol. The molecule has 8 rings (SSSR count). The van der Waals surface area contributed by atoms with E-state index in [0.717, 1.165) is 50.8 Å². The van der Waals surface area contributed by atoms with Crippen LogP contribution in [0.25, 0.3) is 0 Å². The first-order chi connectivity index (χ1) is 31.8. The Morgan fingerprint density at radius 3 is 2.68 bits per heavy atom. The number of piperidine rings is 1. The largest absolute Gasteiger partial charge is 0.504 e. The number of guanidine groups is 1. The highest BCUT2D eigenvalue weighted by Crippen LogP contribution is 2.43. The second kappa shape index (κ2) is 20.9. The van der Waals surface area contributed by atoms with Gasteiger partial charge in [0.2, 0.25) is 0 Å². The molecule has 3 aromatic rings. The molecular formula is C54H71N5O7. The van der Waals surface area contributed by atoms with Gasteiger partial charge in [0.1, 0.15) is 12.2 Å². The molecule has 5 aliphatic rings. The Labute approximate surface area is 390 Å². The lowest BCUT2D eigenvalue weighted by molar-refractivity contribution is -0.152. The number of aromatic hydroxyl groups is 1. The Morgan fingerprint density at radius 1 is 1.05 bits per heavy atom. The summed E-state index contributed by atoms with van der Waals surface area (Å²) in [6, 6.07) is 18.4. The summed E-state index contributed by atoms with van der Waals surface area (Å²) < 4.78 is 12.9. The van der Waals surface area contributed by atoms with Crippen molar-refractivity contribution in [1.82, 2.24) is 16.0 Å². The molecule has 12 nitrogen and oxygen atoms in total. The number of hydrogen-bond donors (Lipinski definition) is 8. The van der Waals surface area contributed by atoms with Crippen LogP contribution in [0, 0.1) is 42.9 Å². The third-order valence-corrected chi connectivity index (χ3v) is 15.0. The van der Waals surface area contributed by atoms with Crippen LogP contribution in [-0.4, -0.2) is 94.5 Å². The molecule has 0 radical (unpaired) electrons. The number of hydrogen-bond acceptors (Lipinski definition) is 12. The van der Waals surface area contributed by atoms with E-state index >= 15 is 0 Å². The number of aliphatic hydroxyl groups is 3. The number of carbonyl (C=O) groups is 1. The van der Waals surface area contributed by atoms with Gasteiger partial charge in [0.25, 0.3) is 0 Å². The van der Waals surface area contributed by atoms with Gasteiger partial charge in [-0.25, -0.2) is 0 Å². The summed E-state index contributed by atoms with van der Waals surface area (Å²) in [5.74, 6) is 6.80. The highest BCUT2D eigenvalue weighted by Gasteiger charge is 2.47. The molecule has 9 N–H and O–H groups in total. The van der Waals surface area contributed by atoms with Crippen molar-refractivity contribution >= 4 is 11.9 Å². The van der Waals surface area contributed by atoms with E-state index in [0.29, 0.717) is 62.9 Å². The number of nitrogens with one attached hydrogen (secondary N) is 3. The molecule has 66 heavy (non-hydrogen) atoms. The maximum Gasteiger partial charge on any atom is 0.302 e. The smallest absolute Gasteiger partial charge is 0.302 e. The van der Waals surface area contributed by atoms with E-state index in [2.05, 4.69) is 84.1 Å². The standard InChI is InChI=1S/C54H71N5O7/c1-34-21-35(2)23-38(22-34)25-42-31-57-52(55)59-50-10-5-11-51(64)54(50)17-12-39-9-6-16-53(33-56-19-14-37-7-4-8-40(42)24-37)30-45(15-20-58-53)66-49-28-41(43(32-60)27-47(49)63)26-46(39)48(65-36(3)61)29-44(62)13-18-54/h4-5,7-8,10,21-24,27-28,39,42,44-46,48,50-51,56,58,60,62-64H,6,9,11,13-16,18-20,25-26,29-33H2,1-3H3,(H3,55,57,59)/t39-,42-,44-,45+,46+,48-,50+,51+,53-,54-/m0/s1. The van der Waals surface area contributed by atoms with E-state index in [1.807, 2.05) is 18.2 Å². The van der Waals surface area contributed by atoms with Crippen molar-refractivity contribution in [3.05, 3.63) is 106 Å². The molecule has 10 atom stereocenters. The lowest BCUT2D eigenvalue weighted by atomic mass is 9.66. The van der Waals surface area contributed by atoms with Gasteiger partial charge in [-0.05, 0) is 125 Å². The van der Waals surface area contributed by atoms with Crippen LogP contribution in [0.1, 0.15) is 110 Å². The quantitative estimate of drug-likeness (QED) is 0.0930. The summed E-state index contributed by atoms with van der Waals surface area (Å²) in [4.78, 5) is 17.9. The molecule has 2 spiro atoms. The number of fused-ring (bicyclic) bond motifs is 7. The number of nitrogens with zero attached hydrogens (tertiary/aromatic N) is 1. The molecule has 12 heteroatoms. The molecule has 0 aromatic heterocycles. The maximum absolute atomic E-state index is 12.9. The fourth-order valence-corrected chi connectivity index (χ4v) is 11.7.